The summed E-state index contributed by atoms with van der Waals surface area (Å²) in [5.41, 5.74) is 1.37. The van der Waals surface area contributed by atoms with E-state index in [4.69, 9.17) is 4.74 Å². The van der Waals surface area contributed by atoms with Crippen LogP contribution in [0, 0.1) is 0 Å². The molecule has 5 nitrogen and oxygen atoms in total. The first-order chi connectivity index (χ1) is 10.0. The number of piperazine rings is 1. The van der Waals surface area contributed by atoms with Crippen LogP contribution in [0.4, 0.5) is 0 Å². The van der Waals surface area contributed by atoms with E-state index >= 15 is 0 Å². The Labute approximate surface area is 125 Å². The Balaban J connectivity index is 2.19. The minimum Gasteiger partial charge on any atom is -0.496 e. The molecule has 0 aliphatic carbocycles. The Hall–Kier alpha value is -1.88. The first-order valence-electron chi connectivity index (χ1n) is 7.21. The molecule has 0 bridgehead atoms. The summed E-state index contributed by atoms with van der Waals surface area (Å²) in [6.07, 6.45) is 0.259. The monoisotopic (exact) mass is 290 g/mol. The first-order valence-corrected chi connectivity index (χ1v) is 7.21. The molecule has 1 saturated heterocycles. The van der Waals surface area contributed by atoms with Crippen LogP contribution in [-0.2, 0) is 11.2 Å². The van der Waals surface area contributed by atoms with E-state index in [1.165, 1.54) is 6.92 Å². The predicted molar refractivity (Wildman–Crippen MR) is 80.7 cm³/mol. The lowest BCUT2D eigenvalue weighted by Crippen LogP contribution is -2.52. The van der Waals surface area contributed by atoms with E-state index in [2.05, 4.69) is 5.32 Å². The van der Waals surface area contributed by atoms with Crippen molar-refractivity contribution < 1.29 is 14.3 Å². The van der Waals surface area contributed by atoms with E-state index < -0.39 is 0 Å². The second-order valence-corrected chi connectivity index (χ2v) is 5.40. The molecule has 1 aromatic rings. The normalized spacial score (nSPS) is 18.4. The number of Topliss-reactive ketones (excluding diaryl/α,β-unsaturated/α-hetero) is 1. The summed E-state index contributed by atoms with van der Waals surface area (Å²) in [5.74, 6) is 0.709. The van der Waals surface area contributed by atoms with Crippen LogP contribution >= 0.6 is 0 Å². The topological polar surface area (TPSA) is 58.6 Å². The molecule has 1 aliphatic heterocycles. The number of nitrogens with one attached hydrogen (secondary N) is 1. The molecule has 1 amide bonds. The summed E-state index contributed by atoms with van der Waals surface area (Å²) in [5, 5.41) is 3.27. The SMILES string of the molecule is COc1ccc(C(C)=O)cc1CC(=O)N1CCNCC1C. The highest BCUT2D eigenvalue weighted by atomic mass is 16.5. The number of hydrogen-bond donors (Lipinski definition) is 1. The average Bonchev–Trinajstić information content (AvgIpc) is 2.47. The van der Waals surface area contributed by atoms with Gasteiger partial charge >= 0.3 is 0 Å². The molecule has 2 rings (SSSR count). The molecule has 0 aromatic heterocycles. The summed E-state index contributed by atoms with van der Waals surface area (Å²) < 4.78 is 5.30. The quantitative estimate of drug-likeness (QED) is 0.848. The number of amides is 1. The number of rotatable bonds is 4. The average molecular weight is 290 g/mol. The molecule has 5 heteroatoms. The molecule has 1 heterocycles. The fourth-order valence-electron chi connectivity index (χ4n) is 2.61. The highest BCUT2D eigenvalue weighted by Crippen LogP contribution is 2.22. The van der Waals surface area contributed by atoms with E-state index in [1.54, 1.807) is 25.3 Å². The Morgan fingerprint density at radius 3 is 2.81 bits per heavy atom. The first kappa shape index (κ1) is 15.5. The molecule has 1 N–H and O–H groups in total. The van der Waals surface area contributed by atoms with Crippen LogP contribution in [0.2, 0.25) is 0 Å². The molecule has 0 saturated carbocycles. The number of hydrogen-bond acceptors (Lipinski definition) is 4. The molecule has 1 atom stereocenters. The van der Waals surface area contributed by atoms with Crippen LogP contribution in [0.1, 0.15) is 29.8 Å². The molecule has 1 aliphatic rings. The lowest BCUT2D eigenvalue weighted by molar-refractivity contribution is -0.133. The van der Waals surface area contributed by atoms with Crippen LogP contribution in [0.15, 0.2) is 18.2 Å². The molecule has 21 heavy (non-hydrogen) atoms. The van der Waals surface area contributed by atoms with E-state index in [0.29, 0.717) is 17.9 Å². The fourth-order valence-corrected chi connectivity index (χ4v) is 2.61. The molecular formula is C16H22N2O3. The summed E-state index contributed by atoms with van der Waals surface area (Å²) in [6, 6.07) is 5.42. The van der Waals surface area contributed by atoms with Gasteiger partial charge in [-0.2, -0.15) is 0 Å². The van der Waals surface area contributed by atoms with Gasteiger partial charge in [0.1, 0.15) is 5.75 Å². The summed E-state index contributed by atoms with van der Waals surface area (Å²) >= 11 is 0. The van der Waals surface area contributed by atoms with Gasteiger partial charge in [-0.3, -0.25) is 9.59 Å². The molecular weight excluding hydrogens is 268 g/mol. The third kappa shape index (κ3) is 3.61. The van der Waals surface area contributed by atoms with Crippen LogP contribution in [0.3, 0.4) is 0 Å². The van der Waals surface area contributed by atoms with Gasteiger partial charge in [-0.1, -0.05) is 0 Å². The van der Waals surface area contributed by atoms with Crippen molar-refractivity contribution >= 4 is 11.7 Å². The molecule has 0 spiro atoms. The van der Waals surface area contributed by atoms with Crippen molar-refractivity contribution in [2.45, 2.75) is 26.3 Å². The van der Waals surface area contributed by atoms with E-state index in [9.17, 15) is 9.59 Å². The van der Waals surface area contributed by atoms with Crippen molar-refractivity contribution in [3.63, 3.8) is 0 Å². The number of methoxy groups -OCH3 is 1. The summed E-state index contributed by atoms with van der Waals surface area (Å²) in [7, 11) is 1.57. The standard InChI is InChI=1S/C16H22N2O3/c1-11-10-17-6-7-18(11)16(20)9-14-8-13(12(2)19)4-5-15(14)21-3/h4-5,8,11,17H,6-7,9-10H2,1-3H3. The number of nitrogens with zero attached hydrogens (tertiary/aromatic N) is 1. The number of benzene rings is 1. The highest BCUT2D eigenvalue weighted by molar-refractivity contribution is 5.94. The van der Waals surface area contributed by atoms with Crippen molar-refractivity contribution in [1.29, 1.82) is 0 Å². The Bertz CT molecular complexity index is 542. The smallest absolute Gasteiger partial charge is 0.227 e. The zero-order chi connectivity index (χ0) is 15.4. The molecule has 1 fully saturated rings. The van der Waals surface area contributed by atoms with Crippen LogP contribution in [0.25, 0.3) is 0 Å². The second kappa shape index (κ2) is 6.72. The van der Waals surface area contributed by atoms with Crippen LogP contribution in [-0.4, -0.2) is 49.4 Å². The lowest BCUT2D eigenvalue weighted by atomic mass is 10.0. The zero-order valence-electron chi connectivity index (χ0n) is 12.8. The highest BCUT2D eigenvalue weighted by Gasteiger charge is 2.24. The van der Waals surface area contributed by atoms with Gasteiger partial charge in [0.05, 0.1) is 13.5 Å². The van der Waals surface area contributed by atoms with Crippen LogP contribution in [0.5, 0.6) is 5.75 Å². The van der Waals surface area contributed by atoms with Crippen molar-refractivity contribution in [2.75, 3.05) is 26.7 Å². The molecule has 0 radical (unpaired) electrons. The van der Waals surface area contributed by atoms with Gasteiger partial charge in [-0.05, 0) is 32.0 Å². The van der Waals surface area contributed by atoms with Crippen LogP contribution < -0.4 is 10.1 Å². The molecule has 1 aromatic carbocycles. The fraction of sp³-hybridized carbons (Fsp3) is 0.500. The number of ketones is 1. The van der Waals surface area contributed by atoms with Gasteiger partial charge in [0.25, 0.3) is 0 Å². The minimum atomic E-state index is -0.0121. The lowest BCUT2D eigenvalue weighted by Gasteiger charge is -2.34. The third-order valence-corrected chi connectivity index (χ3v) is 3.85. The number of ether oxygens (including phenoxy) is 1. The molecule has 114 valence electrons. The van der Waals surface area contributed by atoms with Gasteiger partial charge in [0.15, 0.2) is 5.78 Å². The largest absolute Gasteiger partial charge is 0.496 e. The maximum atomic E-state index is 12.5. The van der Waals surface area contributed by atoms with E-state index in [-0.39, 0.29) is 24.2 Å². The maximum Gasteiger partial charge on any atom is 0.227 e. The van der Waals surface area contributed by atoms with E-state index in [0.717, 1.165) is 18.7 Å². The van der Waals surface area contributed by atoms with Gasteiger partial charge in [-0.25, -0.2) is 0 Å². The maximum absolute atomic E-state index is 12.5. The van der Waals surface area contributed by atoms with Crippen molar-refractivity contribution in [2.24, 2.45) is 0 Å². The Morgan fingerprint density at radius 1 is 1.43 bits per heavy atom. The Morgan fingerprint density at radius 2 is 2.19 bits per heavy atom. The summed E-state index contributed by atoms with van der Waals surface area (Å²) in [6.45, 7) is 5.91. The Kier molecular flexibility index (Phi) is 4.96. The van der Waals surface area contributed by atoms with Crippen molar-refractivity contribution in [3.05, 3.63) is 29.3 Å². The number of carbonyl (C=O) groups excluding carboxylic acids is 2. The second-order valence-electron chi connectivity index (χ2n) is 5.40. The van der Waals surface area contributed by atoms with Gasteiger partial charge in [0, 0.05) is 36.8 Å². The molecule has 1 unspecified atom stereocenters. The van der Waals surface area contributed by atoms with Gasteiger partial charge in [0.2, 0.25) is 5.91 Å². The third-order valence-electron chi connectivity index (χ3n) is 3.85. The minimum absolute atomic E-state index is 0.0121. The predicted octanol–water partition coefficient (Wildman–Crippen LogP) is 1.26. The zero-order valence-corrected chi connectivity index (χ0v) is 12.8. The van der Waals surface area contributed by atoms with Gasteiger partial charge in [-0.15, -0.1) is 0 Å². The van der Waals surface area contributed by atoms with Crippen molar-refractivity contribution in [1.82, 2.24) is 10.2 Å². The van der Waals surface area contributed by atoms with E-state index in [1.807, 2.05) is 11.8 Å². The summed E-state index contributed by atoms with van der Waals surface area (Å²) in [4.78, 5) is 25.9. The number of carbonyl (C=O) groups is 2. The van der Waals surface area contributed by atoms with Gasteiger partial charge < -0.3 is 15.0 Å². The van der Waals surface area contributed by atoms with Crippen molar-refractivity contribution in [3.8, 4) is 5.75 Å².